The van der Waals surface area contributed by atoms with Crippen LogP contribution in [-0.4, -0.2) is 25.0 Å². The molecule has 0 aliphatic heterocycles. The zero-order valence-corrected chi connectivity index (χ0v) is 16.1. The highest BCUT2D eigenvalue weighted by Crippen LogP contribution is 2.59. The molecule has 0 radical (unpaired) electrons. The van der Waals surface area contributed by atoms with Gasteiger partial charge in [-0.15, -0.1) is 0 Å². The van der Waals surface area contributed by atoms with E-state index >= 15 is 0 Å². The van der Waals surface area contributed by atoms with Crippen molar-refractivity contribution in [3.05, 3.63) is 35.9 Å². The minimum atomic E-state index is -0.429. The highest BCUT2D eigenvalue weighted by Gasteiger charge is 2.60. The Hall–Kier alpha value is -2.50. The summed E-state index contributed by atoms with van der Waals surface area (Å²) in [7, 11) is 0. The summed E-state index contributed by atoms with van der Waals surface area (Å²) in [5.74, 6) is 0.511. The van der Waals surface area contributed by atoms with E-state index in [1.807, 2.05) is 26.8 Å². The molecule has 1 aliphatic rings. The van der Waals surface area contributed by atoms with Crippen LogP contribution in [0.1, 0.15) is 34.6 Å². The van der Waals surface area contributed by atoms with Crippen molar-refractivity contribution >= 4 is 11.8 Å². The Kier molecular flexibility index (Phi) is 6.29. The van der Waals surface area contributed by atoms with Gasteiger partial charge in [-0.25, -0.2) is 0 Å². The average molecular weight is 360 g/mol. The largest absolute Gasteiger partial charge is 0.490 e. The van der Waals surface area contributed by atoms with E-state index < -0.39 is 5.91 Å². The molecule has 6 nitrogen and oxygen atoms in total. The second-order valence-electron chi connectivity index (χ2n) is 7.27. The van der Waals surface area contributed by atoms with E-state index in [2.05, 4.69) is 30.8 Å². The van der Waals surface area contributed by atoms with Crippen LogP contribution in [0.25, 0.3) is 0 Å². The highest BCUT2D eigenvalue weighted by atomic mass is 16.5. The van der Waals surface area contributed by atoms with Crippen LogP contribution in [0.2, 0.25) is 0 Å². The number of hydrogen-bond acceptors (Lipinski definition) is 4. The van der Waals surface area contributed by atoms with Crippen LogP contribution < -0.4 is 20.3 Å². The van der Waals surface area contributed by atoms with E-state index in [9.17, 15) is 9.59 Å². The van der Waals surface area contributed by atoms with Crippen molar-refractivity contribution < 1.29 is 19.1 Å². The molecule has 0 heterocycles. The van der Waals surface area contributed by atoms with Crippen molar-refractivity contribution in [3.63, 3.8) is 0 Å². The number of carbonyl (C=O) groups excluding carboxylic acids is 2. The summed E-state index contributed by atoms with van der Waals surface area (Å²) in [6.45, 7) is 10.3. The van der Waals surface area contributed by atoms with Crippen LogP contribution in [0.5, 0.6) is 11.5 Å². The van der Waals surface area contributed by atoms with E-state index in [0.29, 0.717) is 18.1 Å². The molecule has 6 heteroatoms. The highest BCUT2D eigenvalue weighted by molar-refractivity contribution is 5.87. The molecule has 0 spiro atoms. The topological polar surface area (TPSA) is 76.7 Å². The number of para-hydroxylation sites is 2. The van der Waals surface area contributed by atoms with Gasteiger partial charge in [0, 0.05) is 0 Å². The minimum Gasteiger partial charge on any atom is -0.490 e. The Morgan fingerprint density at radius 2 is 1.73 bits per heavy atom. The normalized spacial score (nSPS) is 19.9. The third-order valence-corrected chi connectivity index (χ3v) is 4.54. The third-order valence-electron chi connectivity index (χ3n) is 4.54. The van der Waals surface area contributed by atoms with Crippen LogP contribution >= 0.6 is 0 Å². The summed E-state index contributed by atoms with van der Waals surface area (Å²) in [5.41, 5.74) is 6.00. The Bertz CT molecular complexity index is 693. The molecule has 2 N–H and O–H groups in total. The Balaban J connectivity index is 1.81. The summed E-state index contributed by atoms with van der Waals surface area (Å²) in [6.07, 6.45) is 2.11. The lowest BCUT2D eigenvalue weighted by Crippen LogP contribution is -2.45. The van der Waals surface area contributed by atoms with Crippen LogP contribution in [0.4, 0.5) is 0 Å². The van der Waals surface area contributed by atoms with Crippen LogP contribution in [-0.2, 0) is 9.59 Å². The van der Waals surface area contributed by atoms with Gasteiger partial charge < -0.3 is 9.47 Å². The van der Waals surface area contributed by atoms with Gasteiger partial charge in [-0.3, -0.25) is 20.4 Å². The molecule has 142 valence electrons. The first-order valence-electron chi connectivity index (χ1n) is 8.85. The molecular weight excluding hydrogens is 332 g/mol. The smallest absolute Gasteiger partial charge is 0.276 e. The number of ether oxygens (including phenoxy) is 2. The lowest BCUT2D eigenvalue weighted by molar-refractivity contribution is -0.131. The van der Waals surface area contributed by atoms with Crippen molar-refractivity contribution in [2.75, 3.05) is 13.2 Å². The molecule has 1 aromatic carbocycles. The molecule has 0 bridgehead atoms. The lowest BCUT2D eigenvalue weighted by Gasteiger charge is -2.12. The molecule has 0 aromatic heterocycles. The fourth-order valence-electron chi connectivity index (χ4n) is 3.08. The average Bonchev–Trinajstić information content (AvgIpc) is 3.11. The summed E-state index contributed by atoms with van der Waals surface area (Å²) >= 11 is 0. The summed E-state index contributed by atoms with van der Waals surface area (Å²) in [5, 5.41) is 0. The van der Waals surface area contributed by atoms with Crippen molar-refractivity contribution in [2.24, 2.45) is 17.3 Å². The predicted octanol–water partition coefficient (Wildman–Crippen LogP) is 2.85. The molecule has 2 atom stereocenters. The van der Waals surface area contributed by atoms with E-state index in [1.54, 1.807) is 18.2 Å². The predicted molar refractivity (Wildman–Crippen MR) is 99.6 cm³/mol. The quantitative estimate of drug-likeness (QED) is 0.579. The van der Waals surface area contributed by atoms with E-state index in [4.69, 9.17) is 9.47 Å². The maximum Gasteiger partial charge on any atom is 0.276 e. The zero-order chi connectivity index (χ0) is 19.3. The van der Waals surface area contributed by atoms with Gasteiger partial charge in [0.25, 0.3) is 5.91 Å². The molecule has 26 heavy (non-hydrogen) atoms. The Morgan fingerprint density at radius 3 is 2.31 bits per heavy atom. The van der Waals surface area contributed by atoms with Crippen molar-refractivity contribution in [1.29, 1.82) is 0 Å². The zero-order valence-electron chi connectivity index (χ0n) is 16.1. The number of rotatable bonds is 7. The third kappa shape index (κ3) is 4.77. The maximum atomic E-state index is 12.3. The molecule has 2 rings (SSSR count). The fourth-order valence-corrected chi connectivity index (χ4v) is 3.08. The second kappa shape index (κ2) is 8.25. The van der Waals surface area contributed by atoms with Crippen molar-refractivity contribution in [1.82, 2.24) is 10.9 Å². The Morgan fingerprint density at radius 1 is 1.12 bits per heavy atom. The van der Waals surface area contributed by atoms with Gasteiger partial charge in [-0.05, 0) is 44.2 Å². The van der Waals surface area contributed by atoms with Crippen LogP contribution in [0, 0.1) is 17.3 Å². The van der Waals surface area contributed by atoms with E-state index in [1.165, 1.54) is 5.57 Å². The van der Waals surface area contributed by atoms with Crippen LogP contribution in [0.15, 0.2) is 35.9 Å². The van der Waals surface area contributed by atoms with E-state index in [-0.39, 0.29) is 29.8 Å². The SMILES string of the molecule is CCOc1ccccc1OCC(=O)NNC(=O)C1C(C=C(C)C)C1(C)C. The van der Waals surface area contributed by atoms with Crippen molar-refractivity contribution in [3.8, 4) is 11.5 Å². The summed E-state index contributed by atoms with van der Waals surface area (Å²) in [4.78, 5) is 24.3. The molecule has 1 aliphatic carbocycles. The summed E-state index contributed by atoms with van der Waals surface area (Å²) < 4.78 is 10.9. The number of hydrazine groups is 1. The minimum absolute atomic E-state index is 0.0982. The molecule has 0 saturated heterocycles. The number of amides is 2. The van der Waals surface area contributed by atoms with Gasteiger partial charge >= 0.3 is 0 Å². The maximum absolute atomic E-state index is 12.3. The van der Waals surface area contributed by atoms with Gasteiger partial charge in [0.2, 0.25) is 5.91 Å². The fraction of sp³-hybridized carbons (Fsp3) is 0.500. The van der Waals surface area contributed by atoms with Crippen molar-refractivity contribution in [2.45, 2.75) is 34.6 Å². The molecule has 2 unspecified atom stereocenters. The molecular formula is C20H28N2O4. The monoisotopic (exact) mass is 360 g/mol. The van der Waals surface area contributed by atoms with Gasteiger partial charge in [-0.2, -0.15) is 0 Å². The molecule has 1 saturated carbocycles. The summed E-state index contributed by atoms with van der Waals surface area (Å²) in [6, 6.07) is 7.14. The number of allylic oxidation sites excluding steroid dienone is 2. The number of benzene rings is 1. The standard InChI is InChI=1S/C20H28N2O4/c1-6-25-15-9-7-8-10-16(15)26-12-17(23)21-22-19(24)18-14(11-13(2)3)20(18,4)5/h7-11,14,18H,6,12H2,1-5H3,(H,21,23)(H,22,24). The Labute approximate surface area is 154 Å². The van der Waals surface area contributed by atoms with E-state index in [0.717, 1.165) is 0 Å². The van der Waals surface area contributed by atoms with Gasteiger partial charge in [0.05, 0.1) is 12.5 Å². The number of nitrogens with one attached hydrogen (secondary N) is 2. The first kappa shape index (κ1) is 19.8. The lowest BCUT2D eigenvalue weighted by atomic mass is 10.1. The van der Waals surface area contributed by atoms with Crippen LogP contribution in [0.3, 0.4) is 0 Å². The number of hydrogen-bond donors (Lipinski definition) is 2. The van der Waals surface area contributed by atoms with Gasteiger partial charge in [-0.1, -0.05) is 37.6 Å². The molecule has 1 aromatic rings. The second-order valence-corrected chi connectivity index (χ2v) is 7.27. The molecule has 1 fully saturated rings. The van der Waals surface area contributed by atoms with Gasteiger partial charge in [0.15, 0.2) is 18.1 Å². The number of carbonyl (C=O) groups is 2. The molecule has 2 amide bonds. The first-order valence-corrected chi connectivity index (χ1v) is 8.85. The van der Waals surface area contributed by atoms with Gasteiger partial charge in [0.1, 0.15) is 0 Å². The first-order chi connectivity index (χ1) is 12.3.